The van der Waals surface area contributed by atoms with Crippen molar-refractivity contribution in [2.75, 3.05) is 0 Å². The Balaban J connectivity index is 1.05. The van der Waals surface area contributed by atoms with Gasteiger partial charge >= 0.3 is 0 Å². The Hall–Kier alpha value is -8.61. The Morgan fingerprint density at radius 1 is 0.333 bits per heavy atom. The fourth-order valence-electron chi connectivity index (χ4n) is 9.33. The van der Waals surface area contributed by atoms with E-state index in [0.717, 1.165) is 110 Å². The van der Waals surface area contributed by atoms with Crippen LogP contribution in [0.15, 0.2) is 215 Å². The van der Waals surface area contributed by atoms with E-state index in [0.29, 0.717) is 17.5 Å². The molecule has 0 fully saturated rings. The van der Waals surface area contributed by atoms with Crippen LogP contribution >= 0.6 is 0 Å². The third-order valence-corrected chi connectivity index (χ3v) is 12.2. The Morgan fingerprint density at radius 3 is 1.65 bits per heavy atom. The topological polar surface area (TPSA) is 69.9 Å². The summed E-state index contributed by atoms with van der Waals surface area (Å²) in [5, 5.41) is 6.37. The molecule has 0 atom stereocenters. The largest absolute Gasteiger partial charge is 0.456 e. The maximum absolute atomic E-state index is 6.68. The van der Waals surface area contributed by atoms with Gasteiger partial charge in [-0.15, -0.1) is 0 Å². The molecule has 13 aromatic rings. The summed E-state index contributed by atoms with van der Waals surface area (Å²) < 4.78 is 15.6. The van der Waals surface area contributed by atoms with Crippen molar-refractivity contribution in [3.8, 4) is 62.1 Å². The normalized spacial score (nSPS) is 11.8. The number of aromatic nitrogens is 4. The smallest absolute Gasteiger partial charge is 0.164 e. The van der Waals surface area contributed by atoms with Crippen molar-refractivity contribution in [2.24, 2.45) is 0 Å². The molecule has 6 heteroatoms. The summed E-state index contributed by atoms with van der Waals surface area (Å²) in [4.78, 5) is 15.7. The molecular weight excluding hydrogens is 773 g/mol. The summed E-state index contributed by atoms with van der Waals surface area (Å²) in [5.74, 6) is 1.73. The van der Waals surface area contributed by atoms with E-state index in [1.807, 2.05) is 66.7 Å². The van der Waals surface area contributed by atoms with E-state index in [4.69, 9.17) is 23.8 Å². The SMILES string of the molecule is c1ccc(-c2cc(-c3ccccc3)cc(-c3nc(-c4ccccc4)nc(-c4cccc5oc6ccc(-n7c8ccccc8c8ccc9c%10ccccc%10oc9c87)cc6c45)n3)c2)cc1. The minimum atomic E-state index is 0.560. The van der Waals surface area contributed by atoms with Crippen LogP contribution in [-0.2, 0) is 0 Å². The van der Waals surface area contributed by atoms with Gasteiger partial charge in [-0.25, -0.2) is 15.0 Å². The maximum atomic E-state index is 6.68. The number of rotatable bonds is 6. The Labute approximate surface area is 361 Å². The van der Waals surface area contributed by atoms with Crippen molar-refractivity contribution in [1.29, 1.82) is 0 Å². The van der Waals surface area contributed by atoms with Crippen molar-refractivity contribution in [1.82, 2.24) is 19.5 Å². The number of nitrogens with zero attached hydrogens (tertiary/aromatic N) is 4. The first-order valence-corrected chi connectivity index (χ1v) is 21.1. The summed E-state index contributed by atoms with van der Waals surface area (Å²) in [5.41, 5.74) is 13.4. The third kappa shape index (κ3) is 5.69. The Bertz CT molecular complexity index is 3850. The third-order valence-electron chi connectivity index (χ3n) is 12.2. The van der Waals surface area contributed by atoms with Crippen molar-refractivity contribution in [3.63, 3.8) is 0 Å². The first-order chi connectivity index (χ1) is 31.2. The Kier molecular flexibility index (Phi) is 7.80. The molecule has 6 nitrogen and oxygen atoms in total. The van der Waals surface area contributed by atoms with E-state index in [-0.39, 0.29) is 0 Å². The summed E-state index contributed by atoms with van der Waals surface area (Å²) in [6, 6.07) is 71.4. The first kappa shape index (κ1) is 35.2. The molecule has 0 aliphatic heterocycles. The summed E-state index contributed by atoms with van der Waals surface area (Å²) in [6.07, 6.45) is 0. The van der Waals surface area contributed by atoms with Gasteiger partial charge in [0.1, 0.15) is 16.7 Å². The monoisotopic (exact) mass is 806 g/mol. The van der Waals surface area contributed by atoms with Gasteiger partial charge in [-0.05, 0) is 82.9 Å². The lowest BCUT2D eigenvalue weighted by atomic mass is 9.96. The van der Waals surface area contributed by atoms with Crippen molar-refractivity contribution in [3.05, 3.63) is 206 Å². The van der Waals surface area contributed by atoms with Crippen molar-refractivity contribution >= 4 is 65.7 Å². The van der Waals surface area contributed by atoms with Gasteiger partial charge in [0.05, 0.1) is 11.0 Å². The van der Waals surface area contributed by atoms with Crippen LogP contribution in [0.4, 0.5) is 0 Å². The molecule has 0 spiro atoms. The van der Waals surface area contributed by atoms with Crippen LogP contribution < -0.4 is 0 Å². The molecule has 4 heterocycles. The number of hydrogen-bond acceptors (Lipinski definition) is 5. The average Bonchev–Trinajstić information content (AvgIpc) is 4.04. The first-order valence-electron chi connectivity index (χ1n) is 21.1. The standard InChI is InChI=1S/C57H34N4O2/c1-4-15-35(16-5-1)38-31-39(36-17-6-2-7-18-36)33-40(32-38)56-58-55(37-19-8-3-9-20-37)59-57(60-56)46-23-14-26-51-52(46)47-34-41(27-30-50(47)62-51)61-48-24-12-10-21-42(48)44-28-29-45-43-22-11-13-25-49(43)63-54(45)53(44)61/h1-34H. The molecule has 0 amide bonds. The second kappa shape index (κ2) is 14.0. The van der Waals surface area contributed by atoms with Crippen LogP contribution in [0.3, 0.4) is 0 Å². The van der Waals surface area contributed by atoms with Gasteiger partial charge in [0.2, 0.25) is 0 Å². The lowest BCUT2D eigenvalue weighted by Crippen LogP contribution is -2.01. The molecule has 0 saturated carbocycles. The molecule has 9 aromatic carbocycles. The van der Waals surface area contributed by atoms with E-state index in [1.54, 1.807) is 0 Å². The highest BCUT2D eigenvalue weighted by Crippen LogP contribution is 2.43. The molecule has 4 aromatic heterocycles. The zero-order valence-electron chi connectivity index (χ0n) is 33.7. The molecule has 0 aliphatic rings. The molecule has 0 bridgehead atoms. The minimum Gasteiger partial charge on any atom is -0.456 e. The van der Waals surface area contributed by atoms with Crippen LogP contribution in [0.2, 0.25) is 0 Å². The van der Waals surface area contributed by atoms with Crippen LogP contribution in [0.5, 0.6) is 0 Å². The Morgan fingerprint density at radius 2 is 0.905 bits per heavy atom. The van der Waals surface area contributed by atoms with Crippen LogP contribution in [0.1, 0.15) is 0 Å². The van der Waals surface area contributed by atoms with E-state index in [9.17, 15) is 0 Å². The second-order valence-electron chi connectivity index (χ2n) is 16.0. The van der Waals surface area contributed by atoms with Gasteiger partial charge in [0, 0.05) is 54.7 Å². The number of hydrogen-bond donors (Lipinski definition) is 0. The molecule has 63 heavy (non-hydrogen) atoms. The van der Waals surface area contributed by atoms with Crippen LogP contribution in [0.25, 0.3) is 128 Å². The van der Waals surface area contributed by atoms with E-state index < -0.39 is 0 Å². The second-order valence-corrected chi connectivity index (χ2v) is 16.0. The lowest BCUT2D eigenvalue weighted by Gasteiger charge is -2.13. The predicted octanol–water partition coefficient (Wildman–Crippen LogP) is 15.1. The predicted molar refractivity (Wildman–Crippen MR) is 256 cm³/mol. The van der Waals surface area contributed by atoms with Crippen LogP contribution in [-0.4, -0.2) is 19.5 Å². The van der Waals surface area contributed by atoms with Gasteiger partial charge in [0.25, 0.3) is 0 Å². The fourth-order valence-corrected chi connectivity index (χ4v) is 9.33. The highest BCUT2D eigenvalue weighted by molar-refractivity contribution is 6.22. The zero-order valence-corrected chi connectivity index (χ0v) is 33.7. The van der Waals surface area contributed by atoms with Gasteiger partial charge in [-0.3, -0.25) is 0 Å². The fraction of sp³-hybridized carbons (Fsp3) is 0. The van der Waals surface area contributed by atoms with E-state index >= 15 is 0 Å². The number of furan rings is 2. The van der Waals surface area contributed by atoms with Crippen molar-refractivity contribution in [2.45, 2.75) is 0 Å². The van der Waals surface area contributed by atoms with Gasteiger partial charge < -0.3 is 13.4 Å². The molecule has 0 unspecified atom stereocenters. The number of para-hydroxylation sites is 2. The van der Waals surface area contributed by atoms with Crippen molar-refractivity contribution < 1.29 is 8.83 Å². The summed E-state index contributed by atoms with van der Waals surface area (Å²) in [7, 11) is 0. The molecule has 0 saturated heterocycles. The van der Waals surface area contributed by atoms with Gasteiger partial charge in [-0.1, -0.05) is 146 Å². The molecule has 13 rings (SSSR count). The zero-order chi connectivity index (χ0) is 41.4. The highest BCUT2D eigenvalue weighted by atomic mass is 16.3. The average molecular weight is 807 g/mol. The lowest BCUT2D eigenvalue weighted by molar-refractivity contribution is 0.669. The summed E-state index contributed by atoms with van der Waals surface area (Å²) in [6.45, 7) is 0. The number of fused-ring (bicyclic) bond motifs is 10. The molecule has 294 valence electrons. The van der Waals surface area contributed by atoms with Gasteiger partial charge in [-0.2, -0.15) is 0 Å². The highest BCUT2D eigenvalue weighted by Gasteiger charge is 2.22. The molecule has 0 aliphatic carbocycles. The maximum Gasteiger partial charge on any atom is 0.164 e. The minimum absolute atomic E-state index is 0.560. The van der Waals surface area contributed by atoms with Crippen LogP contribution in [0, 0.1) is 0 Å². The molecular formula is C57H34N4O2. The quantitative estimate of drug-likeness (QED) is 0.167. The van der Waals surface area contributed by atoms with E-state index in [1.165, 1.54) is 0 Å². The number of benzene rings is 9. The van der Waals surface area contributed by atoms with Gasteiger partial charge in [0.15, 0.2) is 23.1 Å². The molecule has 0 N–H and O–H groups in total. The molecule has 0 radical (unpaired) electrons. The summed E-state index contributed by atoms with van der Waals surface area (Å²) >= 11 is 0. The van der Waals surface area contributed by atoms with E-state index in [2.05, 4.69) is 144 Å².